The summed E-state index contributed by atoms with van der Waals surface area (Å²) in [5.41, 5.74) is 0.774. The summed E-state index contributed by atoms with van der Waals surface area (Å²) in [6.07, 6.45) is 0. The molecule has 0 radical (unpaired) electrons. The molecule has 2 N–H and O–H groups in total. The van der Waals surface area contributed by atoms with Crippen LogP contribution in [-0.4, -0.2) is 19.5 Å². The molecule has 0 atom stereocenters. The van der Waals surface area contributed by atoms with Gasteiger partial charge in [-0.1, -0.05) is 11.6 Å². The number of sulfonamides is 1. The minimum absolute atomic E-state index is 0.0153. The number of aromatic carboxylic acids is 1. The van der Waals surface area contributed by atoms with Gasteiger partial charge in [-0.3, -0.25) is 4.72 Å². The van der Waals surface area contributed by atoms with Gasteiger partial charge in [0.15, 0.2) is 0 Å². The second-order valence-corrected chi connectivity index (χ2v) is 7.39. The largest absolute Gasteiger partial charge is 0.477 e. The molecule has 0 amide bonds. The lowest BCUT2D eigenvalue weighted by atomic mass is 10.3. The van der Waals surface area contributed by atoms with Crippen molar-refractivity contribution in [1.82, 2.24) is 0 Å². The van der Waals surface area contributed by atoms with Crippen molar-refractivity contribution in [3.63, 3.8) is 0 Å². The van der Waals surface area contributed by atoms with Crippen molar-refractivity contribution < 1.29 is 18.3 Å². The van der Waals surface area contributed by atoms with Crippen LogP contribution < -0.4 is 4.72 Å². The van der Waals surface area contributed by atoms with E-state index in [4.69, 9.17) is 16.7 Å². The van der Waals surface area contributed by atoms with Gasteiger partial charge in [-0.05, 0) is 42.8 Å². The van der Waals surface area contributed by atoms with Crippen LogP contribution in [0.5, 0.6) is 0 Å². The van der Waals surface area contributed by atoms with E-state index in [1.54, 1.807) is 19.1 Å². The monoisotopic (exact) mass is 331 g/mol. The van der Waals surface area contributed by atoms with Crippen molar-refractivity contribution in [3.8, 4) is 0 Å². The number of hydrogen-bond donors (Lipinski definition) is 2. The number of hydrogen-bond acceptors (Lipinski definition) is 4. The predicted octanol–water partition coefficient (Wildman–Crippen LogP) is 3.21. The topological polar surface area (TPSA) is 83.5 Å². The van der Waals surface area contributed by atoms with Gasteiger partial charge >= 0.3 is 5.97 Å². The van der Waals surface area contributed by atoms with Crippen molar-refractivity contribution in [2.24, 2.45) is 0 Å². The van der Waals surface area contributed by atoms with E-state index in [0.29, 0.717) is 16.3 Å². The summed E-state index contributed by atoms with van der Waals surface area (Å²) in [5.74, 6) is -1.14. The first-order valence-corrected chi connectivity index (χ1v) is 8.09. The fourth-order valence-electron chi connectivity index (χ4n) is 1.52. The first kappa shape index (κ1) is 14.8. The van der Waals surface area contributed by atoms with Gasteiger partial charge in [0, 0.05) is 10.7 Å². The molecule has 8 heteroatoms. The van der Waals surface area contributed by atoms with E-state index in [9.17, 15) is 13.2 Å². The van der Waals surface area contributed by atoms with Crippen LogP contribution in [0, 0.1) is 6.92 Å². The Kier molecular flexibility index (Phi) is 4.03. The van der Waals surface area contributed by atoms with Crippen LogP contribution in [0.3, 0.4) is 0 Å². The van der Waals surface area contributed by atoms with Crippen LogP contribution in [0.1, 0.15) is 15.2 Å². The molecule has 0 aliphatic rings. The van der Waals surface area contributed by atoms with E-state index in [2.05, 4.69) is 4.72 Å². The van der Waals surface area contributed by atoms with E-state index in [-0.39, 0.29) is 9.09 Å². The van der Waals surface area contributed by atoms with Gasteiger partial charge in [0.05, 0.1) is 0 Å². The van der Waals surface area contributed by atoms with Gasteiger partial charge in [0.1, 0.15) is 9.09 Å². The van der Waals surface area contributed by atoms with Crippen molar-refractivity contribution in [2.45, 2.75) is 11.1 Å². The summed E-state index contributed by atoms with van der Waals surface area (Å²) in [7, 11) is -3.80. The molecular weight excluding hydrogens is 322 g/mol. The van der Waals surface area contributed by atoms with Gasteiger partial charge < -0.3 is 5.11 Å². The predicted molar refractivity (Wildman–Crippen MR) is 78.3 cm³/mol. The molecule has 0 spiro atoms. The zero-order chi connectivity index (χ0) is 14.9. The van der Waals surface area contributed by atoms with Crippen LogP contribution in [-0.2, 0) is 10.0 Å². The molecule has 2 aromatic rings. The number of thiophene rings is 1. The molecule has 0 aliphatic heterocycles. The number of nitrogens with one attached hydrogen (secondary N) is 1. The number of rotatable bonds is 4. The smallest absolute Gasteiger partial charge is 0.346 e. The number of carboxylic acid groups (broad SMARTS) is 1. The summed E-state index contributed by atoms with van der Waals surface area (Å²) >= 11 is 6.44. The third-order valence-corrected chi connectivity index (χ3v) is 5.78. The molecule has 0 saturated heterocycles. The maximum absolute atomic E-state index is 12.1. The Labute approximate surface area is 124 Å². The molecule has 20 heavy (non-hydrogen) atoms. The Hall–Kier alpha value is -1.57. The molecule has 0 aliphatic carbocycles. The molecule has 2 rings (SSSR count). The lowest BCUT2D eigenvalue weighted by molar-refractivity contribution is 0.0701. The maximum atomic E-state index is 12.1. The second-order valence-electron chi connectivity index (χ2n) is 4.00. The summed E-state index contributed by atoms with van der Waals surface area (Å²) in [5, 5.41) is 9.44. The van der Waals surface area contributed by atoms with Crippen LogP contribution in [0.2, 0.25) is 5.02 Å². The third kappa shape index (κ3) is 3.12. The molecule has 5 nitrogen and oxygen atoms in total. The molecule has 1 aromatic carbocycles. The summed E-state index contributed by atoms with van der Waals surface area (Å²) in [6, 6.07) is 7.51. The van der Waals surface area contributed by atoms with Crippen LogP contribution in [0.4, 0.5) is 5.69 Å². The molecule has 0 unspecified atom stereocenters. The van der Waals surface area contributed by atoms with Crippen molar-refractivity contribution in [1.29, 1.82) is 0 Å². The first-order valence-electron chi connectivity index (χ1n) is 5.42. The Morgan fingerprint density at radius 3 is 2.40 bits per heavy atom. The van der Waals surface area contributed by atoms with Crippen LogP contribution >= 0.6 is 22.9 Å². The summed E-state index contributed by atoms with van der Waals surface area (Å²) < 4.78 is 26.6. The summed E-state index contributed by atoms with van der Waals surface area (Å²) in [4.78, 5) is 11.0. The number of carboxylic acids is 1. The van der Waals surface area contributed by atoms with Crippen LogP contribution in [0.25, 0.3) is 0 Å². The molecule has 1 heterocycles. The van der Waals surface area contributed by atoms with Gasteiger partial charge in [-0.25, -0.2) is 13.2 Å². The highest BCUT2D eigenvalue weighted by molar-refractivity contribution is 7.94. The zero-order valence-electron chi connectivity index (χ0n) is 10.3. The second kappa shape index (κ2) is 5.43. The molecule has 1 aromatic heterocycles. The lowest BCUT2D eigenvalue weighted by Crippen LogP contribution is -2.11. The van der Waals surface area contributed by atoms with Gasteiger partial charge in [0.25, 0.3) is 10.0 Å². The molecule has 0 saturated carbocycles. The van der Waals surface area contributed by atoms with E-state index in [1.807, 2.05) is 0 Å². The third-order valence-electron chi connectivity index (χ3n) is 2.45. The Morgan fingerprint density at radius 1 is 1.30 bits per heavy atom. The summed E-state index contributed by atoms with van der Waals surface area (Å²) in [6.45, 7) is 1.56. The minimum Gasteiger partial charge on any atom is -0.477 e. The van der Waals surface area contributed by atoms with E-state index in [0.717, 1.165) is 11.3 Å². The zero-order valence-corrected chi connectivity index (χ0v) is 12.6. The van der Waals surface area contributed by atoms with Crippen molar-refractivity contribution in [3.05, 3.63) is 45.8 Å². The average molecular weight is 332 g/mol. The van der Waals surface area contributed by atoms with Crippen LogP contribution in [0.15, 0.2) is 34.5 Å². The first-order chi connectivity index (χ1) is 9.29. The fraction of sp³-hybridized carbons (Fsp3) is 0.0833. The van der Waals surface area contributed by atoms with E-state index < -0.39 is 16.0 Å². The number of carbonyl (C=O) groups is 1. The highest BCUT2D eigenvalue weighted by atomic mass is 35.5. The number of halogens is 1. The quantitative estimate of drug-likeness (QED) is 0.901. The minimum atomic E-state index is -3.80. The maximum Gasteiger partial charge on any atom is 0.346 e. The number of anilines is 1. The Morgan fingerprint density at radius 2 is 1.90 bits per heavy atom. The highest BCUT2D eigenvalue weighted by Crippen LogP contribution is 2.27. The van der Waals surface area contributed by atoms with Gasteiger partial charge in [-0.2, -0.15) is 0 Å². The lowest BCUT2D eigenvalue weighted by Gasteiger charge is -2.05. The van der Waals surface area contributed by atoms with Crippen molar-refractivity contribution in [2.75, 3.05) is 4.72 Å². The molecular formula is C12H10ClNO4S2. The number of benzene rings is 1. The average Bonchev–Trinajstić information content (AvgIpc) is 2.75. The fourth-order valence-corrected chi connectivity index (χ4v) is 4.08. The van der Waals surface area contributed by atoms with E-state index >= 15 is 0 Å². The SMILES string of the molecule is Cc1cc(S(=O)(=O)Nc2ccc(Cl)cc2)sc1C(=O)O. The van der Waals surface area contributed by atoms with Gasteiger partial charge in [-0.15, -0.1) is 11.3 Å². The molecule has 106 valence electrons. The molecule has 0 bridgehead atoms. The Bertz CT molecular complexity index is 750. The molecule has 0 fully saturated rings. The van der Waals surface area contributed by atoms with E-state index in [1.165, 1.54) is 18.2 Å². The standard InChI is InChI=1S/C12H10ClNO4S2/c1-7-6-10(19-11(7)12(15)16)20(17,18)14-9-4-2-8(13)3-5-9/h2-6,14H,1H3,(H,15,16). The highest BCUT2D eigenvalue weighted by Gasteiger charge is 2.21. The Balaban J connectivity index is 2.33. The van der Waals surface area contributed by atoms with Gasteiger partial charge in [0.2, 0.25) is 0 Å². The number of aryl methyl sites for hydroxylation is 1. The van der Waals surface area contributed by atoms with Crippen molar-refractivity contribution >= 4 is 44.6 Å². The normalized spacial score (nSPS) is 11.3.